The summed E-state index contributed by atoms with van der Waals surface area (Å²) in [7, 11) is 4.74. The Morgan fingerprint density at radius 1 is 0.949 bits per heavy atom. The zero-order chi connectivity index (χ0) is 27.4. The van der Waals surface area contributed by atoms with Gasteiger partial charge in [0.2, 0.25) is 5.43 Å². The lowest BCUT2D eigenvalue weighted by Crippen LogP contribution is -2.29. The number of esters is 1. The molecule has 0 fully saturated rings. The Hall–Kier alpha value is -5.05. The third-order valence-electron chi connectivity index (χ3n) is 7.21. The van der Waals surface area contributed by atoms with Crippen molar-refractivity contribution in [1.82, 2.24) is 4.57 Å². The summed E-state index contributed by atoms with van der Waals surface area (Å²) in [6.45, 7) is 0. The first-order valence-corrected chi connectivity index (χ1v) is 12.1. The van der Waals surface area contributed by atoms with Gasteiger partial charge >= 0.3 is 5.97 Å². The number of carbonyl (C=O) groups excluding carboxylic acids is 1. The van der Waals surface area contributed by atoms with E-state index in [9.17, 15) is 19.5 Å². The maximum absolute atomic E-state index is 13.6. The normalized spacial score (nSPS) is 14.7. The van der Waals surface area contributed by atoms with E-state index in [0.717, 1.165) is 5.39 Å². The van der Waals surface area contributed by atoms with Gasteiger partial charge in [-0.3, -0.25) is 14.4 Å². The number of hydrogen-bond donors (Lipinski definition) is 1. The summed E-state index contributed by atoms with van der Waals surface area (Å²) in [6.07, 6.45) is 1.16. The lowest BCUT2D eigenvalue weighted by Gasteiger charge is -2.26. The van der Waals surface area contributed by atoms with E-state index in [-0.39, 0.29) is 40.0 Å². The number of pyridine rings is 1. The number of ether oxygens (including phenoxy) is 3. The van der Waals surface area contributed by atoms with Crippen LogP contribution in [0, 0.1) is 0 Å². The molecule has 9 heteroatoms. The van der Waals surface area contributed by atoms with Crippen LogP contribution in [0.1, 0.15) is 23.5 Å². The predicted molar refractivity (Wildman–Crippen MR) is 144 cm³/mol. The number of fused-ring (bicyclic) bond motifs is 4. The number of hydrogen-bond acceptors (Lipinski definition) is 8. The summed E-state index contributed by atoms with van der Waals surface area (Å²) in [5.41, 5.74) is 1.43. The second-order valence-electron chi connectivity index (χ2n) is 9.34. The van der Waals surface area contributed by atoms with Crippen molar-refractivity contribution in [2.75, 3.05) is 14.2 Å². The number of aryl methyl sites for hydroxylation is 1. The highest BCUT2D eigenvalue weighted by atomic mass is 16.5. The average molecular weight is 526 g/mol. The first-order valence-electron chi connectivity index (χ1n) is 12.1. The number of methoxy groups -OCH3 is 2. The van der Waals surface area contributed by atoms with E-state index in [1.54, 1.807) is 63.7 Å². The fraction of sp³-hybridized carbons (Fsp3) is 0.167. The molecular formula is C30H23NO8. The fourth-order valence-corrected chi connectivity index (χ4v) is 5.21. The molecule has 2 aromatic heterocycles. The van der Waals surface area contributed by atoms with E-state index < -0.39 is 17.3 Å². The monoisotopic (exact) mass is 525 g/mol. The van der Waals surface area contributed by atoms with Crippen molar-refractivity contribution in [1.29, 1.82) is 0 Å². The summed E-state index contributed by atoms with van der Waals surface area (Å²) in [6, 6.07) is 15.2. The maximum atomic E-state index is 13.6. The van der Waals surface area contributed by atoms with E-state index in [0.29, 0.717) is 33.7 Å². The number of aromatic hydroxyl groups is 1. The Labute approximate surface area is 221 Å². The van der Waals surface area contributed by atoms with Crippen molar-refractivity contribution in [2.24, 2.45) is 7.05 Å². The van der Waals surface area contributed by atoms with Crippen LogP contribution in [0.2, 0.25) is 0 Å². The molecule has 5 aromatic rings. The molecule has 0 saturated carbocycles. The van der Waals surface area contributed by atoms with Gasteiger partial charge in [0.05, 0.1) is 31.7 Å². The van der Waals surface area contributed by atoms with Crippen LogP contribution in [0.4, 0.5) is 0 Å². The van der Waals surface area contributed by atoms with E-state index in [1.807, 2.05) is 6.07 Å². The highest BCUT2D eigenvalue weighted by molar-refractivity contribution is 5.94. The van der Waals surface area contributed by atoms with Gasteiger partial charge in [0, 0.05) is 36.2 Å². The van der Waals surface area contributed by atoms with Crippen LogP contribution in [-0.4, -0.2) is 29.9 Å². The van der Waals surface area contributed by atoms with E-state index >= 15 is 0 Å². The molecule has 0 saturated heterocycles. The molecule has 196 valence electrons. The second kappa shape index (κ2) is 9.05. The van der Waals surface area contributed by atoms with Crippen LogP contribution in [0.5, 0.6) is 23.0 Å². The number of benzene rings is 3. The van der Waals surface area contributed by atoms with E-state index in [2.05, 4.69) is 0 Å². The fourth-order valence-electron chi connectivity index (χ4n) is 5.21. The molecule has 0 bridgehead atoms. The molecule has 6 rings (SSSR count). The Kier molecular flexibility index (Phi) is 5.64. The summed E-state index contributed by atoms with van der Waals surface area (Å²) in [5.74, 6) is -0.461. The molecule has 3 aromatic carbocycles. The Morgan fingerprint density at radius 2 is 1.67 bits per heavy atom. The summed E-state index contributed by atoms with van der Waals surface area (Å²) in [5, 5.41) is 11.5. The highest BCUT2D eigenvalue weighted by Crippen LogP contribution is 2.45. The number of nitrogens with zero attached hydrogens (tertiary/aromatic N) is 1. The summed E-state index contributed by atoms with van der Waals surface area (Å²) >= 11 is 0. The van der Waals surface area contributed by atoms with Gasteiger partial charge in [0.25, 0.3) is 5.56 Å². The van der Waals surface area contributed by atoms with Crippen LogP contribution in [0.15, 0.2) is 74.9 Å². The van der Waals surface area contributed by atoms with Crippen molar-refractivity contribution < 1.29 is 28.5 Å². The topological polar surface area (TPSA) is 117 Å². The third-order valence-corrected chi connectivity index (χ3v) is 7.21. The minimum atomic E-state index is -0.774. The molecule has 0 spiro atoms. The third kappa shape index (κ3) is 3.82. The molecule has 1 aliphatic rings. The van der Waals surface area contributed by atoms with Crippen molar-refractivity contribution in [3.8, 4) is 34.1 Å². The van der Waals surface area contributed by atoms with Gasteiger partial charge < -0.3 is 28.3 Å². The van der Waals surface area contributed by atoms with Crippen LogP contribution >= 0.6 is 0 Å². The minimum Gasteiger partial charge on any atom is -0.507 e. The van der Waals surface area contributed by atoms with Gasteiger partial charge in [-0.25, -0.2) is 0 Å². The highest BCUT2D eigenvalue weighted by Gasteiger charge is 2.35. The van der Waals surface area contributed by atoms with Gasteiger partial charge in [0.15, 0.2) is 0 Å². The summed E-state index contributed by atoms with van der Waals surface area (Å²) in [4.78, 5) is 39.8. The molecule has 39 heavy (non-hydrogen) atoms. The molecule has 1 aliphatic heterocycles. The van der Waals surface area contributed by atoms with Crippen molar-refractivity contribution >= 4 is 27.8 Å². The quantitative estimate of drug-likeness (QED) is 0.270. The number of phenols is 1. The van der Waals surface area contributed by atoms with Crippen molar-refractivity contribution in [3.63, 3.8) is 0 Å². The molecule has 0 unspecified atom stereocenters. The van der Waals surface area contributed by atoms with Crippen LogP contribution in [-0.2, 0) is 11.8 Å². The molecule has 0 amide bonds. The SMILES string of the molecule is COc1ccc(-c2coc3c4c(cc(O)c3c2=O)OC(=O)C[C@@H]4c2cc3ccc(OC)cc3n(C)c2=O)cc1. The van der Waals surface area contributed by atoms with E-state index in [4.69, 9.17) is 18.6 Å². The number of phenolic OH excluding ortho intramolecular Hbond substituents is 1. The van der Waals surface area contributed by atoms with Gasteiger partial charge in [-0.1, -0.05) is 12.1 Å². The molecule has 3 heterocycles. The standard InChI is InChI=1S/C30H23NO8/c1-31-22-11-18(37-3)9-6-16(22)10-20(30(31)35)19-12-25(33)39-24-13-23(32)27-28(34)21(14-38-29(27)26(19)24)15-4-7-17(36-2)8-5-15/h4-11,13-14,19,32H,12H2,1-3H3/t19-/m1/s1. The van der Waals surface area contributed by atoms with Gasteiger partial charge in [-0.15, -0.1) is 0 Å². The zero-order valence-electron chi connectivity index (χ0n) is 21.3. The Morgan fingerprint density at radius 3 is 2.38 bits per heavy atom. The largest absolute Gasteiger partial charge is 0.507 e. The molecule has 0 radical (unpaired) electrons. The smallest absolute Gasteiger partial charge is 0.312 e. The van der Waals surface area contributed by atoms with Gasteiger partial charge in [-0.2, -0.15) is 0 Å². The molecule has 9 nitrogen and oxygen atoms in total. The average Bonchev–Trinajstić information content (AvgIpc) is 2.94. The molecule has 1 atom stereocenters. The number of aromatic nitrogens is 1. The van der Waals surface area contributed by atoms with Crippen LogP contribution in [0.25, 0.3) is 33.0 Å². The first-order chi connectivity index (χ1) is 18.8. The molecular weight excluding hydrogens is 502 g/mol. The van der Waals surface area contributed by atoms with Crippen LogP contribution in [0.3, 0.4) is 0 Å². The number of rotatable bonds is 4. The Balaban J connectivity index is 1.59. The van der Waals surface area contributed by atoms with Crippen LogP contribution < -0.4 is 25.2 Å². The molecule has 0 aliphatic carbocycles. The van der Waals surface area contributed by atoms with Crippen molar-refractivity contribution in [2.45, 2.75) is 12.3 Å². The minimum absolute atomic E-state index is 0.0403. The predicted octanol–water partition coefficient (Wildman–Crippen LogP) is 4.48. The lowest BCUT2D eigenvalue weighted by molar-refractivity contribution is -0.135. The van der Waals surface area contributed by atoms with Gasteiger partial charge in [0.1, 0.15) is 40.2 Å². The zero-order valence-corrected chi connectivity index (χ0v) is 21.3. The van der Waals surface area contributed by atoms with Gasteiger partial charge in [-0.05, 0) is 41.3 Å². The second-order valence-corrected chi connectivity index (χ2v) is 9.34. The number of carbonyl (C=O) groups is 1. The lowest BCUT2D eigenvalue weighted by atomic mass is 9.85. The first kappa shape index (κ1) is 24.3. The summed E-state index contributed by atoms with van der Waals surface area (Å²) < 4.78 is 23.4. The Bertz CT molecular complexity index is 1920. The van der Waals surface area contributed by atoms with Crippen molar-refractivity contribution in [3.05, 3.63) is 92.6 Å². The van der Waals surface area contributed by atoms with E-state index in [1.165, 1.54) is 16.9 Å². The molecule has 1 N–H and O–H groups in total. The maximum Gasteiger partial charge on any atom is 0.312 e.